The van der Waals surface area contributed by atoms with E-state index >= 15 is 0 Å². The van der Waals surface area contributed by atoms with Crippen molar-refractivity contribution in [2.45, 2.75) is 0 Å². The van der Waals surface area contributed by atoms with E-state index in [9.17, 15) is 19.5 Å². The maximum atomic E-state index is 12.0. The summed E-state index contributed by atoms with van der Waals surface area (Å²) >= 11 is 5.76. The van der Waals surface area contributed by atoms with Gasteiger partial charge in [-0.05, 0) is 48.5 Å². The molecule has 0 fully saturated rings. The molecule has 0 saturated carbocycles. The second kappa shape index (κ2) is 7.42. The average Bonchev–Trinajstić information content (AvgIpc) is 2.54. The van der Waals surface area contributed by atoms with E-state index in [1.54, 1.807) is 36.4 Å². The zero-order valence-electron chi connectivity index (χ0n) is 11.8. The number of carbonyl (C=O) groups excluding carboxylic acids is 3. The highest BCUT2D eigenvalue weighted by Gasteiger charge is 2.08. The maximum absolute atomic E-state index is 12.0. The molecule has 0 aromatic heterocycles. The van der Waals surface area contributed by atoms with Crippen LogP contribution < -0.4 is 15.7 Å². The van der Waals surface area contributed by atoms with Gasteiger partial charge < -0.3 is 20.5 Å². The minimum absolute atomic E-state index is 0.274. The Morgan fingerprint density at radius 2 is 1.39 bits per heavy atom. The topological polar surface area (TPSA) is 98.3 Å². The lowest BCUT2D eigenvalue weighted by Crippen LogP contribution is -2.37. The molecule has 0 aliphatic heterocycles. The van der Waals surface area contributed by atoms with Crippen molar-refractivity contribution in [2.24, 2.45) is 0 Å². The van der Waals surface area contributed by atoms with Crippen LogP contribution in [0.4, 0.5) is 5.69 Å². The molecule has 2 aromatic rings. The first-order chi connectivity index (χ1) is 11.0. The molecule has 2 N–H and O–H groups in total. The number of carboxylic acids is 1. The maximum Gasteiger partial charge on any atom is 0.255 e. The number of carboxylic acid groups (broad SMARTS) is 1. The van der Waals surface area contributed by atoms with Gasteiger partial charge in [0, 0.05) is 21.8 Å². The first-order valence-electron chi connectivity index (χ1n) is 6.61. The fourth-order valence-corrected chi connectivity index (χ4v) is 1.89. The summed E-state index contributed by atoms with van der Waals surface area (Å²) in [5.74, 6) is -2.22. The highest BCUT2D eigenvalue weighted by molar-refractivity contribution is 6.30. The first-order valence-corrected chi connectivity index (χ1v) is 6.98. The minimum atomic E-state index is -1.37. The SMILES string of the molecule is O=C([O-])CNC(=O)c1ccc(NC(=O)c2ccc(Cl)cc2)cc1. The number of hydrogen-bond acceptors (Lipinski definition) is 4. The summed E-state index contributed by atoms with van der Waals surface area (Å²) in [6.07, 6.45) is 0. The molecule has 0 heterocycles. The largest absolute Gasteiger partial charge is 0.548 e. The van der Waals surface area contributed by atoms with Crippen molar-refractivity contribution in [3.63, 3.8) is 0 Å². The molecule has 2 aromatic carbocycles. The monoisotopic (exact) mass is 331 g/mol. The van der Waals surface area contributed by atoms with Crippen LogP contribution in [0.5, 0.6) is 0 Å². The molecule has 0 atom stereocenters. The van der Waals surface area contributed by atoms with E-state index in [1.165, 1.54) is 12.1 Å². The van der Waals surface area contributed by atoms with Crippen LogP contribution >= 0.6 is 11.6 Å². The van der Waals surface area contributed by atoms with Gasteiger partial charge in [0.2, 0.25) is 0 Å². The van der Waals surface area contributed by atoms with Crippen LogP contribution in [0.1, 0.15) is 20.7 Å². The zero-order chi connectivity index (χ0) is 16.8. The van der Waals surface area contributed by atoms with E-state index in [2.05, 4.69) is 10.6 Å². The molecule has 2 amide bonds. The second-order valence-corrected chi connectivity index (χ2v) is 5.03. The molecule has 0 radical (unpaired) electrons. The van der Waals surface area contributed by atoms with Crippen LogP contribution in [0.25, 0.3) is 0 Å². The van der Waals surface area contributed by atoms with Gasteiger partial charge in [0.05, 0.1) is 12.5 Å². The molecule has 0 saturated heterocycles. The fourth-order valence-electron chi connectivity index (χ4n) is 1.76. The predicted molar refractivity (Wildman–Crippen MR) is 83.2 cm³/mol. The fraction of sp³-hybridized carbons (Fsp3) is 0.0625. The quantitative estimate of drug-likeness (QED) is 0.856. The Hall–Kier alpha value is -2.86. The predicted octanol–water partition coefficient (Wildman–Crippen LogP) is 1.07. The normalized spacial score (nSPS) is 9.96. The Balaban J connectivity index is 1.99. The number of hydrogen-bond donors (Lipinski definition) is 2. The Bertz CT molecular complexity index is 727. The smallest absolute Gasteiger partial charge is 0.255 e. The van der Waals surface area contributed by atoms with E-state index in [0.717, 1.165) is 0 Å². The first kappa shape index (κ1) is 16.5. The van der Waals surface area contributed by atoms with Crippen molar-refractivity contribution >= 4 is 35.1 Å². The number of amides is 2. The Morgan fingerprint density at radius 3 is 1.96 bits per heavy atom. The Kier molecular flexibility index (Phi) is 5.32. The van der Waals surface area contributed by atoms with Crippen molar-refractivity contribution < 1.29 is 19.5 Å². The summed E-state index contributed by atoms with van der Waals surface area (Å²) in [7, 11) is 0. The third-order valence-electron chi connectivity index (χ3n) is 2.90. The van der Waals surface area contributed by atoms with E-state index < -0.39 is 18.4 Å². The van der Waals surface area contributed by atoms with Crippen LogP contribution in [-0.4, -0.2) is 24.3 Å². The molecule has 0 bridgehead atoms. The lowest BCUT2D eigenvalue weighted by Gasteiger charge is -2.08. The van der Waals surface area contributed by atoms with E-state index in [1.807, 2.05) is 0 Å². The number of rotatable bonds is 5. The standard InChI is InChI=1S/C16H13ClN2O4/c17-12-5-1-11(2-6-12)16(23)19-13-7-3-10(4-8-13)15(22)18-9-14(20)21/h1-8H,9H2,(H,18,22)(H,19,23)(H,20,21)/p-1. The number of nitrogens with one attached hydrogen (secondary N) is 2. The van der Waals surface area contributed by atoms with Crippen molar-refractivity contribution in [2.75, 3.05) is 11.9 Å². The van der Waals surface area contributed by atoms with Gasteiger partial charge in [0.25, 0.3) is 11.8 Å². The summed E-state index contributed by atoms with van der Waals surface area (Å²) in [6, 6.07) is 12.5. The lowest BCUT2D eigenvalue weighted by molar-refractivity contribution is -0.303. The summed E-state index contributed by atoms with van der Waals surface area (Å²) in [6.45, 7) is -0.562. The van der Waals surface area contributed by atoms with E-state index in [0.29, 0.717) is 16.3 Å². The van der Waals surface area contributed by atoms with Gasteiger partial charge in [-0.15, -0.1) is 0 Å². The van der Waals surface area contributed by atoms with Crippen LogP contribution in [-0.2, 0) is 4.79 Å². The van der Waals surface area contributed by atoms with E-state index in [4.69, 9.17) is 11.6 Å². The number of benzene rings is 2. The van der Waals surface area contributed by atoms with Crippen molar-refractivity contribution in [1.29, 1.82) is 0 Å². The van der Waals surface area contributed by atoms with Gasteiger partial charge in [0.1, 0.15) is 0 Å². The van der Waals surface area contributed by atoms with E-state index in [-0.39, 0.29) is 11.5 Å². The molecule has 6 nitrogen and oxygen atoms in total. The minimum Gasteiger partial charge on any atom is -0.548 e. The highest BCUT2D eigenvalue weighted by atomic mass is 35.5. The highest BCUT2D eigenvalue weighted by Crippen LogP contribution is 2.13. The van der Waals surface area contributed by atoms with Crippen molar-refractivity contribution in [1.82, 2.24) is 5.32 Å². The van der Waals surface area contributed by atoms with Crippen LogP contribution in [0, 0.1) is 0 Å². The Morgan fingerprint density at radius 1 is 0.870 bits per heavy atom. The Labute approximate surface area is 137 Å². The van der Waals surface area contributed by atoms with Gasteiger partial charge in [-0.25, -0.2) is 0 Å². The summed E-state index contributed by atoms with van der Waals surface area (Å²) in [5, 5.41) is 15.7. The molecule has 0 aliphatic rings. The van der Waals surface area contributed by atoms with Crippen molar-refractivity contribution in [3.05, 3.63) is 64.7 Å². The average molecular weight is 332 g/mol. The molecular weight excluding hydrogens is 320 g/mol. The zero-order valence-corrected chi connectivity index (χ0v) is 12.6. The molecule has 2 rings (SSSR count). The number of carbonyl (C=O) groups is 3. The lowest BCUT2D eigenvalue weighted by atomic mass is 10.1. The van der Waals surface area contributed by atoms with Crippen molar-refractivity contribution in [3.8, 4) is 0 Å². The molecule has 118 valence electrons. The van der Waals surface area contributed by atoms with Gasteiger partial charge in [0.15, 0.2) is 0 Å². The molecule has 7 heteroatoms. The number of halogens is 1. The number of aliphatic carboxylic acids is 1. The summed E-state index contributed by atoms with van der Waals surface area (Å²) in [4.78, 5) is 33.9. The molecule has 0 unspecified atom stereocenters. The third-order valence-corrected chi connectivity index (χ3v) is 3.16. The van der Waals surface area contributed by atoms with Crippen LogP contribution in [0.15, 0.2) is 48.5 Å². The molecule has 23 heavy (non-hydrogen) atoms. The second-order valence-electron chi connectivity index (χ2n) is 4.59. The van der Waals surface area contributed by atoms with Gasteiger partial charge >= 0.3 is 0 Å². The van der Waals surface area contributed by atoms with Crippen LogP contribution in [0.2, 0.25) is 5.02 Å². The van der Waals surface area contributed by atoms with Gasteiger partial charge in [-0.1, -0.05) is 11.6 Å². The van der Waals surface area contributed by atoms with Gasteiger partial charge in [-0.3, -0.25) is 9.59 Å². The van der Waals surface area contributed by atoms with Crippen LogP contribution in [0.3, 0.4) is 0 Å². The van der Waals surface area contributed by atoms with Gasteiger partial charge in [-0.2, -0.15) is 0 Å². The third kappa shape index (κ3) is 4.82. The molecular formula is C16H12ClN2O4-. The summed E-state index contributed by atoms with van der Waals surface area (Å²) in [5.41, 5.74) is 1.22. The number of anilines is 1. The summed E-state index contributed by atoms with van der Waals surface area (Å²) < 4.78 is 0. The molecule has 0 aliphatic carbocycles. The molecule has 0 spiro atoms.